The van der Waals surface area contributed by atoms with Crippen LogP contribution >= 0.6 is 11.6 Å². The lowest BCUT2D eigenvalue weighted by molar-refractivity contribution is -0.137. The Bertz CT molecular complexity index is 657. The number of carboxylic acid groups (broad SMARTS) is 1. The summed E-state index contributed by atoms with van der Waals surface area (Å²) >= 11 is 5.91. The fourth-order valence-electron chi connectivity index (χ4n) is 3.31. The van der Waals surface area contributed by atoms with Crippen LogP contribution in [0.15, 0.2) is 24.3 Å². The molecule has 148 valence electrons. The maximum absolute atomic E-state index is 12.7. The van der Waals surface area contributed by atoms with Crippen molar-refractivity contribution in [1.82, 2.24) is 10.6 Å². The van der Waals surface area contributed by atoms with Gasteiger partial charge in [-0.05, 0) is 37.5 Å². The molecule has 1 atom stereocenters. The second-order valence-electron chi connectivity index (χ2n) is 7.02. The van der Waals surface area contributed by atoms with E-state index in [1.54, 1.807) is 18.2 Å². The van der Waals surface area contributed by atoms with Crippen LogP contribution in [0.25, 0.3) is 0 Å². The molecule has 0 radical (unpaired) electrons. The van der Waals surface area contributed by atoms with Crippen LogP contribution in [0.5, 0.6) is 0 Å². The van der Waals surface area contributed by atoms with Crippen LogP contribution in [-0.2, 0) is 9.59 Å². The smallest absolute Gasteiger partial charge is 0.303 e. The number of benzene rings is 1. The van der Waals surface area contributed by atoms with Crippen molar-refractivity contribution >= 4 is 29.4 Å². The van der Waals surface area contributed by atoms with Crippen LogP contribution < -0.4 is 10.6 Å². The van der Waals surface area contributed by atoms with Gasteiger partial charge in [-0.2, -0.15) is 0 Å². The van der Waals surface area contributed by atoms with E-state index < -0.39 is 17.9 Å². The zero-order valence-electron chi connectivity index (χ0n) is 15.4. The fourth-order valence-corrected chi connectivity index (χ4v) is 3.50. The normalized spacial score (nSPS) is 16.6. The highest BCUT2D eigenvalue weighted by Gasteiger charge is 2.25. The summed E-state index contributed by atoms with van der Waals surface area (Å²) in [5.74, 6) is -1.77. The van der Waals surface area contributed by atoms with Crippen LogP contribution in [0.3, 0.4) is 0 Å². The van der Waals surface area contributed by atoms with Crippen molar-refractivity contribution < 1.29 is 19.5 Å². The van der Waals surface area contributed by atoms with E-state index in [9.17, 15) is 14.4 Å². The third-order valence-electron chi connectivity index (χ3n) is 4.81. The molecule has 1 aliphatic carbocycles. The van der Waals surface area contributed by atoms with Crippen LogP contribution in [0.1, 0.15) is 68.1 Å². The lowest BCUT2D eigenvalue weighted by Gasteiger charge is -2.24. The van der Waals surface area contributed by atoms with Crippen molar-refractivity contribution in [3.05, 3.63) is 34.9 Å². The molecule has 0 bridgehead atoms. The number of aliphatic carboxylic acids is 1. The number of carbonyl (C=O) groups excluding carboxylic acids is 2. The third kappa shape index (κ3) is 7.59. The Kier molecular flexibility index (Phi) is 8.58. The molecule has 1 saturated carbocycles. The monoisotopic (exact) mass is 394 g/mol. The second-order valence-corrected chi connectivity index (χ2v) is 7.46. The van der Waals surface area contributed by atoms with Gasteiger partial charge in [-0.3, -0.25) is 14.4 Å². The summed E-state index contributed by atoms with van der Waals surface area (Å²) < 4.78 is 0. The summed E-state index contributed by atoms with van der Waals surface area (Å²) in [7, 11) is 0. The average Bonchev–Trinajstić information content (AvgIpc) is 2.60. The van der Waals surface area contributed by atoms with Crippen LogP contribution in [0, 0.1) is 0 Å². The summed E-state index contributed by atoms with van der Waals surface area (Å²) in [6.07, 6.45) is 7.38. The van der Waals surface area contributed by atoms with Gasteiger partial charge in [0.05, 0.1) is 0 Å². The largest absolute Gasteiger partial charge is 0.481 e. The second kappa shape index (κ2) is 10.9. The number of hydrogen-bond acceptors (Lipinski definition) is 3. The molecule has 0 unspecified atom stereocenters. The van der Waals surface area contributed by atoms with Gasteiger partial charge in [-0.1, -0.05) is 49.8 Å². The van der Waals surface area contributed by atoms with Gasteiger partial charge in [0, 0.05) is 23.0 Å². The van der Waals surface area contributed by atoms with E-state index in [1.807, 2.05) is 0 Å². The standard InChI is InChI=1S/C20H27ClN2O4/c21-15-8-6-7-14(13-15)19(26)23-17(11-12-18(24)25)20(27)22-16-9-4-2-1-3-5-10-16/h6-8,13,16-17H,1-5,9-12H2,(H,22,27)(H,23,26)(H,24,25)/t17-/m1/s1. The Hall–Kier alpha value is -2.08. The topological polar surface area (TPSA) is 95.5 Å². The van der Waals surface area contributed by atoms with Crippen molar-refractivity contribution in [2.24, 2.45) is 0 Å². The maximum atomic E-state index is 12.7. The first kappa shape index (κ1) is 21.2. The summed E-state index contributed by atoms with van der Waals surface area (Å²) in [4.78, 5) is 36.1. The van der Waals surface area contributed by atoms with Gasteiger partial charge in [-0.25, -0.2) is 0 Å². The molecule has 0 aromatic heterocycles. The molecular formula is C20H27ClN2O4. The first-order chi connectivity index (χ1) is 13.0. The molecule has 6 nitrogen and oxygen atoms in total. The maximum Gasteiger partial charge on any atom is 0.303 e. The molecule has 0 aliphatic heterocycles. The highest BCUT2D eigenvalue weighted by atomic mass is 35.5. The van der Waals surface area contributed by atoms with E-state index in [2.05, 4.69) is 10.6 Å². The number of nitrogens with one attached hydrogen (secondary N) is 2. The minimum absolute atomic E-state index is 0.0419. The van der Waals surface area contributed by atoms with Gasteiger partial charge in [0.25, 0.3) is 5.91 Å². The van der Waals surface area contributed by atoms with Crippen LogP contribution in [0.4, 0.5) is 0 Å². The quantitative estimate of drug-likeness (QED) is 0.659. The summed E-state index contributed by atoms with van der Waals surface area (Å²) in [6, 6.07) is 5.60. The lowest BCUT2D eigenvalue weighted by atomic mass is 9.96. The molecule has 1 aromatic rings. The number of hydrogen-bond donors (Lipinski definition) is 3. The molecule has 2 amide bonds. The molecule has 3 N–H and O–H groups in total. The van der Waals surface area contributed by atoms with E-state index in [-0.39, 0.29) is 24.8 Å². The molecule has 2 rings (SSSR count). The molecule has 1 aromatic carbocycles. The first-order valence-electron chi connectivity index (χ1n) is 9.54. The Morgan fingerprint density at radius 1 is 1.11 bits per heavy atom. The minimum atomic E-state index is -1.00. The predicted octanol–water partition coefficient (Wildman–Crippen LogP) is 3.53. The summed E-state index contributed by atoms with van der Waals surface area (Å²) in [5, 5.41) is 15.0. The number of carbonyl (C=O) groups is 3. The number of amides is 2. The molecular weight excluding hydrogens is 368 g/mol. The van der Waals surface area contributed by atoms with E-state index in [4.69, 9.17) is 16.7 Å². The number of halogens is 1. The van der Waals surface area contributed by atoms with Gasteiger partial charge >= 0.3 is 5.97 Å². The predicted molar refractivity (Wildman–Crippen MR) is 104 cm³/mol. The molecule has 0 spiro atoms. The molecule has 7 heteroatoms. The van der Waals surface area contributed by atoms with Crippen molar-refractivity contribution in [2.75, 3.05) is 0 Å². The van der Waals surface area contributed by atoms with Gasteiger partial charge in [0.2, 0.25) is 5.91 Å². The van der Waals surface area contributed by atoms with Crippen molar-refractivity contribution in [2.45, 2.75) is 69.9 Å². The lowest BCUT2D eigenvalue weighted by Crippen LogP contribution is -2.50. The Morgan fingerprint density at radius 2 is 1.78 bits per heavy atom. The molecule has 1 fully saturated rings. The van der Waals surface area contributed by atoms with Gasteiger partial charge in [-0.15, -0.1) is 0 Å². The molecule has 0 saturated heterocycles. The highest BCUT2D eigenvalue weighted by molar-refractivity contribution is 6.31. The Balaban J connectivity index is 2.01. The average molecular weight is 395 g/mol. The zero-order chi connectivity index (χ0) is 19.6. The van der Waals surface area contributed by atoms with Crippen molar-refractivity contribution in [3.63, 3.8) is 0 Å². The number of carboxylic acids is 1. The van der Waals surface area contributed by atoms with E-state index in [0.29, 0.717) is 10.6 Å². The molecule has 0 heterocycles. The van der Waals surface area contributed by atoms with Gasteiger partial charge < -0.3 is 15.7 Å². The first-order valence-corrected chi connectivity index (χ1v) is 9.92. The third-order valence-corrected chi connectivity index (χ3v) is 5.04. The molecule has 27 heavy (non-hydrogen) atoms. The Labute approximate surface area is 164 Å². The SMILES string of the molecule is O=C(O)CC[C@@H](NC(=O)c1cccc(Cl)c1)C(=O)NC1CCCCCCC1. The van der Waals surface area contributed by atoms with Crippen molar-refractivity contribution in [1.29, 1.82) is 0 Å². The van der Waals surface area contributed by atoms with Crippen LogP contribution in [-0.4, -0.2) is 35.0 Å². The zero-order valence-corrected chi connectivity index (χ0v) is 16.1. The van der Waals surface area contributed by atoms with E-state index in [1.165, 1.54) is 25.3 Å². The van der Waals surface area contributed by atoms with Gasteiger partial charge in [0.1, 0.15) is 6.04 Å². The Morgan fingerprint density at radius 3 is 2.41 bits per heavy atom. The van der Waals surface area contributed by atoms with Crippen LogP contribution in [0.2, 0.25) is 5.02 Å². The molecule has 1 aliphatic rings. The summed E-state index contributed by atoms with van der Waals surface area (Å²) in [5.41, 5.74) is 0.335. The minimum Gasteiger partial charge on any atom is -0.481 e. The van der Waals surface area contributed by atoms with Crippen molar-refractivity contribution in [3.8, 4) is 0 Å². The number of rotatable bonds is 7. The highest BCUT2D eigenvalue weighted by Crippen LogP contribution is 2.17. The fraction of sp³-hybridized carbons (Fsp3) is 0.550. The van der Waals surface area contributed by atoms with Gasteiger partial charge in [0.15, 0.2) is 0 Å². The summed E-state index contributed by atoms with van der Waals surface area (Å²) in [6.45, 7) is 0. The van der Waals surface area contributed by atoms with E-state index in [0.717, 1.165) is 25.7 Å². The van der Waals surface area contributed by atoms with E-state index >= 15 is 0 Å².